The highest BCUT2D eigenvalue weighted by atomic mass is 15.0. The number of allylic oxidation sites excluding steroid dienone is 4. The molecule has 0 spiro atoms. The summed E-state index contributed by atoms with van der Waals surface area (Å²) < 4.78 is 2.32. The first-order valence-electron chi connectivity index (χ1n) is 11.8. The van der Waals surface area contributed by atoms with Gasteiger partial charge in [-0.15, -0.1) is 0 Å². The second-order valence-electron chi connectivity index (χ2n) is 8.31. The summed E-state index contributed by atoms with van der Waals surface area (Å²) in [6.45, 7) is 12.8. The van der Waals surface area contributed by atoms with Crippen LogP contribution < -0.4 is 10.6 Å². The van der Waals surface area contributed by atoms with Crippen LogP contribution in [0.25, 0.3) is 47.0 Å². The van der Waals surface area contributed by atoms with Crippen LogP contribution in [0.4, 0.5) is 0 Å². The van der Waals surface area contributed by atoms with E-state index < -0.39 is 0 Å². The van der Waals surface area contributed by atoms with Gasteiger partial charge in [0.05, 0.1) is 0 Å². The molecular weight excluding hydrogens is 412 g/mol. The number of aromatic nitrogens is 2. The second-order valence-corrected chi connectivity index (χ2v) is 8.31. The summed E-state index contributed by atoms with van der Waals surface area (Å²) in [6.07, 6.45) is 17.1. The van der Waals surface area contributed by atoms with Crippen molar-refractivity contribution in [2.24, 2.45) is 0 Å². The van der Waals surface area contributed by atoms with Gasteiger partial charge in [-0.05, 0) is 63.6 Å². The largest absolute Gasteiger partial charge is 0.355 e. The number of hydrogen-bond acceptors (Lipinski definition) is 0. The van der Waals surface area contributed by atoms with Crippen LogP contribution in [0.15, 0.2) is 85.0 Å². The fourth-order valence-corrected chi connectivity index (χ4v) is 4.56. The average Bonchev–Trinajstić information content (AvgIpc) is 3.33. The fraction of sp³-hybridized carbons (Fsp3) is 0.125. The van der Waals surface area contributed by atoms with Gasteiger partial charge in [-0.1, -0.05) is 79.4 Å². The predicted octanol–water partition coefficient (Wildman–Crippen LogP) is 7.18. The summed E-state index contributed by atoms with van der Waals surface area (Å²) in [7, 11) is 0. The summed E-state index contributed by atoms with van der Waals surface area (Å²) in [6, 6.07) is 18.9. The Labute approximate surface area is 202 Å². The highest BCUT2D eigenvalue weighted by Crippen LogP contribution is 2.25. The van der Waals surface area contributed by atoms with Gasteiger partial charge in [0, 0.05) is 49.7 Å². The van der Waals surface area contributed by atoms with E-state index in [0.717, 1.165) is 22.5 Å². The highest BCUT2D eigenvalue weighted by molar-refractivity contribution is 5.93. The molecule has 170 valence electrons. The van der Waals surface area contributed by atoms with Crippen LogP contribution in [-0.2, 0) is 0 Å². The molecule has 2 nitrogen and oxygen atoms in total. The molecule has 0 bridgehead atoms. The number of H-pyrrole nitrogens is 1. The molecule has 0 fully saturated rings. The maximum Gasteiger partial charge on any atom is 0.0495 e. The van der Waals surface area contributed by atoms with Crippen LogP contribution in [0.5, 0.6) is 0 Å². The Bertz CT molecular complexity index is 1530. The lowest BCUT2D eigenvalue weighted by molar-refractivity contribution is 0.974. The Morgan fingerprint density at radius 1 is 0.853 bits per heavy atom. The summed E-state index contributed by atoms with van der Waals surface area (Å²) >= 11 is 0. The SMILES string of the molecule is C=C(/C=c1/c(/C=C\C)c(C)n(-c2ccccc2)/c1=C/C)/C=C/c1c(/C=C\C)[nH]c2ccccc12. The van der Waals surface area contributed by atoms with Gasteiger partial charge < -0.3 is 9.55 Å². The number of aromatic amines is 1. The van der Waals surface area contributed by atoms with E-state index in [1.54, 1.807) is 0 Å². The van der Waals surface area contributed by atoms with Gasteiger partial charge in [0.25, 0.3) is 0 Å². The maximum absolute atomic E-state index is 4.38. The molecule has 4 aromatic rings. The molecule has 4 rings (SSSR count). The molecule has 2 heteroatoms. The third kappa shape index (κ3) is 4.40. The van der Waals surface area contributed by atoms with Crippen molar-refractivity contribution in [1.29, 1.82) is 0 Å². The minimum absolute atomic E-state index is 0.954. The number of fused-ring (bicyclic) bond motifs is 1. The van der Waals surface area contributed by atoms with Crippen molar-refractivity contribution in [3.8, 4) is 5.69 Å². The van der Waals surface area contributed by atoms with E-state index in [-0.39, 0.29) is 0 Å². The van der Waals surface area contributed by atoms with Gasteiger partial charge in [-0.25, -0.2) is 0 Å². The van der Waals surface area contributed by atoms with E-state index >= 15 is 0 Å². The minimum atomic E-state index is 0.954. The average molecular weight is 445 g/mol. The lowest BCUT2D eigenvalue weighted by Crippen LogP contribution is -2.29. The Kier molecular flexibility index (Phi) is 6.98. The third-order valence-electron chi connectivity index (χ3n) is 6.06. The molecule has 0 aliphatic carbocycles. The van der Waals surface area contributed by atoms with Crippen molar-refractivity contribution in [1.82, 2.24) is 9.55 Å². The van der Waals surface area contributed by atoms with Crippen molar-refractivity contribution in [3.63, 3.8) is 0 Å². The van der Waals surface area contributed by atoms with E-state index in [0.29, 0.717) is 0 Å². The molecule has 0 amide bonds. The molecular formula is C32H32N2. The van der Waals surface area contributed by atoms with Crippen molar-refractivity contribution in [2.75, 3.05) is 0 Å². The van der Waals surface area contributed by atoms with E-state index in [1.165, 1.54) is 32.8 Å². The number of nitrogens with zero attached hydrogens (tertiary/aromatic N) is 1. The standard InChI is InChI=1S/C32H32N2/c1-6-14-26-24(5)34(25-16-10-9-11-17-25)32(8-3)29(26)22-23(4)20-21-28-27-18-12-13-19-31(27)33-30(28)15-7-2/h6-22,33H,4H2,1-3,5H3/b14-6-,15-7-,21-20+,29-22-,32-8+. The molecule has 0 aliphatic heterocycles. The Morgan fingerprint density at radius 2 is 1.56 bits per heavy atom. The van der Waals surface area contributed by atoms with Gasteiger partial charge in [0.15, 0.2) is 0 Å². The normalized spacial score (nSPS) is 13.4. The van der Waals surface area contributed by atoms with Crippen molar-refractivity contribution in [2.45, 2.75) is 27.7 Å². The molecule has 2 heterocycles. The fourth-order valence-electron chi connectivity index (χ4n) is 4.56. The molecule has 0 radical (unpaired) electrons. The zero-order valence-corrected chi connectivity index (χ0v) is 20.5. The van der Waals surface area contributed by atoms with Crippen molar-refractivity contribution in [3.05, 3.63) is 118 Å². The molecule has 0 unspecified atom stereocenters. The summed E-state index contributed by atoms with van der Waals surface area (Å²) in [5.41, 5.74) is 7.97. The van der Waals surface area contributed by atoms with Crippen LogP contribution in [0, 0.1) is 6.92 Å². The predicted molar refractivity (Wildman–Crippen MR) is 150 cm³/mol. The maximum atomic E-state index is 4.38. The first-order chi connectivity index (χ1) is 16.6. The number of hydrogen-bond donors (Lipinski definition) is 1. The van der Waals surface area contributed by atoms with Gasteiger partial charge in [0.2, 0.25) is 0 Å². The number of nitrogens with one attached hydrogen (secondary N) is 1. The summed E-state index contributed by atoms with van der Waals surface area (Å²) in [4.78, 5) is 3.52. The third-order valence-corrected chi connectivity index (χ3v) is 6.06. The van der Waals surface area contributed by atoms with Gasteiger partial charge >= 0.3 is 0 Å². The summed E-state index contributed by atoms with van der Waals surface area (Å²) in [5.74, 6) is 0. The molecule has 0 saturated carbocycles. The van der Waals surface area contributed by atoms with Crippen molar-refractivity contribution < 1.29 is 0 Å². The lowest BCUT2D eigenvalue weighted by Gasteiger charge is -2.07. The Morgan fingerprint density at radius 3 is 2.26 bits per heavy atom. The van der Waals surface area contributed by atoms with Crippen LogP contribution in [0.3, 0.4) is 0 Å². The number of para-hydroxylation sites is 2. The Balaban J connectivity index is 1.84. The van der Waals surface area contributed by atoms with E-state index in [4.69, 9.17) is 0 Å². The van der Waals surface area contributed by atoms with Crippen molar-refractivity contribution >= 4 is 41.3 Å². The van der Waals surface area contributed by atoms with Crippen LogP contribution in [0.1, 0.15) is 43.3 Å². The number of benzene rings is 2. The quantitative estimate of drug-likeness (QED) is 0.304. The van der Waals surface area contributed by atoms with E-state index in [1.807, 2.05) is 6.92 Å². The zero-order valence-electron chi connectivity index (χ0n) is 20.5. The molecule has 1 N–H and O–H groups in total. The van der Waals surface area contributed by atoms with Crippen LogP contribution in [0.2, 0.25) is 0 Å². The smallest absolute Gasteiger partial charge is 0.0495 e. The first-order valence-corrected chi connectivity index (χ1v) is 11.8. The highest BCUT2D eigenvalue weighted by Gasteiger charge is 2.11. The number of rotatable bonds is 6. The molecule has 0 aliphatic rings. The van der Waals surface area contributed by atoms with E-state index in [9.17, 15) is 0 Å². The molecule has 2 aromatic heterocycles. The molecule has 0 atom stereocenters. The minimum Gasteiger partial charge on any atom is -0.355 e. The summed E-state index contributed by atoms with van der Waals surface area (Å²) in [5, 5.41) is 3.57. The molecule has 0 saturated heterocycles. The van der Waals surface area contributed by atoms with Crippen LogP contribution >= 0.6 is 0 Å². The van der Waals surface area contributed by atoms with Crippen LogP contribution in [-0.4, -0.2) is 9.55 Å². The lowest BCUT2D eigenvalue weighted by atomic mass is 10.1. The van der Waals surface area contributed by atoms with E-state index in [2.05, 4.69) is 140 Å². The van der Waals surface area contributed by atoms with Gasteiger partial charge in [0.1, 0.15) is 0 Å². The zero-order chi connectivity index (χ0) is 24.1. The first kappa shape index (κ1) is 23.1. The monoisotopic (exact) mass is 444 g/mol. The second kappa shape index (κ2) is 10.3. The molecule has 34 heavy (non-hydrogen) atoms. The molecule has 2 aromatic carbocycles. The van der Waals surface area contributed by atoms with Gasteiger partial charge in [-0.3, -0.25) is 0 Å². The van der Waals surface area contributed by atoms with Gasteiger partial charge in [-0.2, -0.15) is 0 Å². The Hall–Kier alpha value is -4.04. The topological polar surface area (TPSA) is 20.7 Å².